The van der Waals surface area contributed by atoms with Gasteiger partial charge in [0.15, 0.2) is 6.29 Å². The highest BCUT2D eigenvalue weighted by atomic mass is 16.7. The summed E-state index contributed by atoms with van der Waals surface area (Å²) in [7, 11) is 0. The molecule has 0 aromatic heterocycles. The lowest BCUT2D eigenvalue weighted by Crippen LogP contribution is -2.54. The molecule has 144 valence electrons. The maximum atomic E-state index is 10.1. The highest BCUT2D eigenvalue weighted by Crippen LogP contribution is 2.19. The van der Waals surface area contributed by atoms with Crippen LogP contribution in [-0.4, -0.2) is 54.6 Å². The molecule has 1 aliphatic rings. The summed E-state index contributed by atoms with van der Waals surface area (Å²) < 4.78 is 16.3. The van der Waals surface area contributed by atoms with E-state index in [-0.39, 0.29) is 6.61 Å². The first-order valence-electron chi connectivity index (χ1n) is 9.91. The molecule has 0 saturated carbocycles. The fourth-order valence-corrected chi connectivity index (χ4v) is 3.05. The van der Waals surface area contributed by atoms with Crippen molar-refractivity contribution in [2.24, 2.45) is 0 Å². The minimum Gasteiger partial charge on any atom is -0.387 e. The Morgan fingerprint density at radius 2 is 1.38 bits per heavy atom. The van der Waals surface area contributed by atoms with Crippen LogP contribution >= 0.6 is 0 Å². The zero-order valence-corrected chi connectivity index (χ0v) is 15.6. The van der Waals surface area contributed by atoms with Crippen molar-refractivity contribution >= 4 is 0 Å². The quantitative estimate of drug-likeness (QED) is 0.472. The standard InChI is InChI=1S/C19H38O5/c1-3-5-6-7-8-9-10-11-12-13-14-23-16-15-24-19(22-4-2)18(21)17(16)20/h16-21H,3-15H2,1-2H3/t16-,17+,18-,19+/m1/s1. The van der Waals surface area contributed by atoms with Crippen LogP contribution in [0.15, 0.2) is 0 Å². The average Bonchev–Trinajstić information content (AvgIpc) is 2.58. The van der Waals surface area contributed by atoms with Gasteiger partial charge in [-0.2, -0.15) is 0 Å². The normalized spacial score (nSPS) is 27.5. The molecule has 1 fully saturated rings. The van der Waals surface area contributed by atoms with Crippen molar-refractivity contribution in [1.29, 1.82) is 0 Å². The topological polar surface area (TPSA) is 68.2 Å². The molecule has 0 radical (unpaired) electrons. The number of unbranched alkanes of at least 4 members (excludes halogenated alkanes) is 9. The lowest BCUT2D eigenvalue weighted by atomic mass is 10.1. The Morgan fingerprint density at radius 1 is 0.792 bits per heavy atom. The van der Waals surface area contributed by atoms with Gasteiger partial charge in [-0.3, -0.25) is 0 Å². The largest absolute Gasteiger partial charge is 0.387 e. The van der Waals surface area contributed by atoms with Gasteiger partial charge in [0.1, 0.15) is 18.3 Å². The van der Waals surface area contributed by atoms with Crippen LogP contribution in [0.2, 0.25) is 0 Å². The van der Waals surface area contributed by atoms with Crippen LogP contribution in [0, 0.1) is 0 Å². The first-order chi connectivity index (χ1) is 11.7. The second-order valence-electron chi connectivity index (χ2n) is 6.73. The maximum absolute atomic E-state index is 10.1. The van der Waals surface area contributed by atoms with Crippen LogP contribution < -0.4 is 0 Å². The highest BCUT2D eigenvalue weighted by molar-refractivity contribution is 4.83. The lowest BCUT2D eigenvalue weighted by molar-refractivity contribution is -0.275. The minimum absolute atomic E-state index is 0.265. The predicted octanol–water partition coefficient (Wildman–Crippen LogP) is 3.41. The summed E-state index contributed by atoms with van der Waals surface area (Å²) in [5.41, 5.74) is 0. The fourth-order valence-electron chi connectivity index (χ4n) is 3.05. The maximum Gasteiger partial charge on any atom is 0.186 e. The van der Waals surface area contributed by atoms with Crippen LogP contribution in [0.1, 0.15) is 78.1 Å². The van der Waals surface area contributed by atoms with Crippen LogP contribution in [0.25, 0.3) is 0 Å². The molecule has 1 aliphatic heterocycles. The van der Waals surface area contributed by atoms with Gasteiger partial charge in [-0.05, 0) is 13.3 Å². The van der Waals surface area contributed by atoms with Crippen molar-refractivity contribution in [2.75, 3.05) is 19.8 Å². The molecule has 4 atom stereocenters. The third-order valence-corrected chi connectivity index (χ3v) is 4.60. The number of ether oxygens (including phenoxy) is 3. The van der Waals surface area contributed by atoms with E-state index in [0.29, 0.717) is 13.2 Å². The van der Waals surface area contributed by atoms with Gasteiger partial charge in [-0.25, -0.2) is 0 Å². The van der Waals surface area contributed by atoms with E-state index in [0.717, 1.165) is 12.8 Å². The second kappa shape index (κ2) is 14.0. The summed E-state index contributed by atoms with van der Waals surface area (Å²) in [4.78, 5) is 0. The molecule has 0 unspecified atom stereocenters. The second-order valence-corrected chi connectivity index (χ2v) is 6.73. The van der Waals surface area contributed by atoms with Crippen LogP contribution in [0.5, 0.6) is 0 Å². The van der Waals surface area contributed by atoms with Gasteiger partial charge in [0, 0.05) is 13.2 Å². The summed E-state index contributed by atoms with van der Waals surface area (Å²) in [6.45, 7) is 5.39. The van der Waals surface area contributed by atoms with E-state index in [2.05, 4.69) is 6.92 Å². The number of hydrogen-bond acceptors (Lipinski definition) is 5. The summed E-state index contributed by atoms with van der Waals surface area (Å²) in [6, 6.07) is 0. The molecule has 1 heterocycles. The molecule has 0 aromatic rings. The average molecular weight is 347 g/mol. The zero-order chi connectivity index (χ0) is 17.6. The first-order valence-corrected chi connectivity index (χ1v) is 9.91. The molecular formula is C19H38O5. The number of hydrogen-bond donors (Lipinski definition) is 2. The zero-order valence-electron chi connectivity index (χ0n) is 15.6. The van der Waals surface area contributed by atoms with Gasteiger partial charge in [-0.1, -0.05) is 64.7 Å². The van der Waals surface area contributed by atoms with Crippen LogP contribution in [0.3, 0.4) is 0 Å². The van der Waals surface area contributed by atoms with Crippen LogP contribution in [-0.2, 0) is 14.2 Å². The van der Waals surface area contributed by atoms with Gasteiger partial charge in [-0.15, -0.1) is 0 Å². The highest BCUT2D eigenvalue weighted by Gasteiger charge is 2.39. The van der Waals surface area contributed by atoms with E-state index in [1.807, 2.05) is 6.92 Å². The van der Waals surface area contributed by atoms with Crippen molar-refractivity contribution in [3.63, 3.8) is 0 Å². The molecule has 2 N–H and O–H groups in total. The van der Waals surface area contributed by atoms with E-state index in [4.69, 9.17) is 14.2 Å². The minimum atomic E-state index is -1.04. The molecule has 1 rings (SSSR count). The monoisotopic (exact) mass is 346 g/mol. The Labute approximate surface area is 147 Å². The van der Waals surface area contributed by atoms with E-state index in [9.17, 15) is 10.2 Å². The molecule has 24 heavy (non-hydrogen) atoms. The Kier molecular flexibility index (Phi) is 12.8. The Balaban J connectivity index is 1.96. The van der Waals surface area contributed by atoms with E-state index in [1.54, 1.807) is 0 Å². The summed E-state index contributed by atoms with van der Waals surface area (Å²) in [5.74, 6) is 0. The third-order valence-electron chi connectivity index (χ3n) is 4.60. The van der Waals surface area contributed by atoms with Gasteiger partial charge in [0.05, 0.1) is 6.61 Å². The molecular weight excluding hydrogens is 308 g/mol. The Morgan fingerprint density at radius 3 is 1.96 bits per heavy atom. The molecule has 5 nitrogen and oxygen atoms in total. The van der Waals surface area contributed by atoms with Crippen molar-refractivity contribution in [3.8, 4) is 0 Å². The van der Waals surface area contributed by atoms with Crippen molar-refractivity contribution in [2.45, 2.75) is 103 Å². The summed E-state index contributed by atoms with van der Waals surface area (Å²) in [6.07, 6.45) is 9.63. The molecule has 0 bridgehead atoms. The molecule has 5 heteroatoms. The van der Waals surface area contributed by atoms with E-state index < -0.39 is 24.6 Å². The van der Waals surface area contributed by atoms with Crippen LogP contribution in [0.4, 0.5) is 0 Å². The molecule has 0 spiro atoms. The first kappa shape index (κ1) is 21.8. The molecule has 1 saturated heterocycles. The smallest absolute Gasteiger partial charge is 0.186 e. The predicted molar refractivity (Wildman–Crippen MR) is 95.0 cm³/mol. The van der Waals surface area contributed by atoms with Gasteiger partial charge >= 0.3 is 0 Å². The number of aliphatic hydroxyl groups excluding tert-OH is 2. The van der Waals surface area contributed by atoms with Gasteiger partial charge in [0.2, 0.25) is 0 Å². The van der Waals surface area contributed by atoms with Crippen molar-refractivity contribution in [3.05, 3.63) is 0 Å². The van der Waals surface area contributed by atoms with Crippen molar-refractivity contribution < 1.29 is 24.4 Å². The van der Waals surface area contributed by atoms with Gasteiger partial charge in [0.25, 0.3) is 0 Å². The number of aliphatic hydroxyl groups is 2. The summed E-state index contributed by atoms with van der Waals surface area (Å²) in [5, 5.41) is 20.0. The van der Waals surface area contributed by atoms with E-state index >= 15 is 0 Å². The Hall–Kier alpha value is -0.200. The SMILES string of the molecule is CCCCCCCCCCCCO[C@@H]1CO[C@H](OCC)[C@H](O)[C@H]1O. The van der Waals surface area contributed by atoms with Gasteiger partial charge < -0.3 is 24.4 Å². The number of rotatable bonds is 14. The summed E-state index contributed by atoms with van der Waals surface area (Å²) >= 11 is 0. The van der Waals surface area contributed by atoms with E-state index in [1.165, 1.54) is 51.4 Å². The lowest BCUT2D eigenvalue weighted by Gasteiger charge is -2.36. The van der Waals surface area contributed by atoms with Crippen molar-refractivity contribution in [1.82, 2.24) is 0 Å². The fraction of sp³-hybridized carbons (Fsp3) is 1.00. The molecule has 0 amide bonds. The third kappa shape index (κ3) is 8.77. The Bertz CT molecular complexity index is 287. The molecule has 0 aromatic carbocycles. The molecule has 0 aliphatic carbocycles.